The minimum Gasteiger partial charge on any atom is -0.354 e. The average molecular weight is 350 g/mol. The molecule has 130 valence electrons. The molecule has 0 radical (unpaired) electrons. The Labute approximate surface area is 144 Å². The SMILES string of the molecule is Cn1nnnc1SCCNC(=O)Cn1ccc([C@H]2CCCNC2)n1. The molecular formula is C14H22N8OS. The Morgan fingerprint density at radius 3 is 3.21 bits per heavy atom. The molecule has 1 atom stereocenters. The summed E-state index contributed by atoms with van der Waals surface area (Å²) in [6.45, 7) is 2.87. The summed E-state index contributed by atoms with van der Waals surface area (Å²) in [5, 5.41) is 22.8. The number of piperidine rings is 1. The lowest BCUT2D eigenvalue weighted by Crippen LogP contribution is -2.30. The van der Waals surface area contributed by atoms with Gasteiger partial charge in [-0.25, -0.2) is 4.68 Å². The number of hydrogen-bond donors (Lipinski definition) is 2. The normalized spacial score (nSPS) is 17.8. The van der Waals surface area contributed by atoms with Crippen LogP contribution in [0.4, 0.5) is 0 Å². The lowest BCUT2D eigenvalue weighted by atomic mass is 9.97. The molecular weight excluding hydrogens is 328 g/mol. The van der Waals surface area contributed by atoms with E-state index in [0.717, 1.165) is 36.1 Å². The van der Waals surface area contributed by atoms with Crippen LogP contribution in [0.3, 0.4) is 0 Å². The Kier molecular flexibility index (Phi) is 5.81. The molecule has 0 spiro atoms. The van der Waals surface area contributed by atoms with Crippen LogP contribution < -0.4 is 10.6 Å². The van der Waals surface area contributed by atoms with Crippen molar-refractivity contribution in [2.45, 2.75) is 30.5 Å². The first-order valence-electron chi connectivity index (χ1n) is 8.08. The van der Waals surface area contributed by atoms with Gasteiger partial charge in [0.05, 0.1) is 5.69 Å². The van der Waals surface area contributed by atoms with E-state index in [1.165, 1.54) is 18.2 Å². The first-order valence-corrected chi connectivity index (χ1v) is 9.07. The van der Waals surface area contributed by atoms with Gasteiger partial charge < -0.3 is 10.6 Å². The number of aromatic nitrogens is 6. The van der Waals surface area contributed by atoms with Crippen LogP contribution in [0.15, 0.2) is 17.4 Å². The molecule has 1 aliphatic heterocycles. The Hall–Kier alpha value is -1.94. The van der Waals surface area contributed by atoms with Crippen molar-refractivity contribution in [1.29, 1.82) is 0 Å². The van der Waals surface area contributed by atoms with Crippen molar-refractivity contribution in [3.8, 4) is 0 Å². The number of hydrogen-bond acceptors (Lipinski definition) is 7. The molecule has 1 amide bonds. The minimum atomic E-state index is -0.0388. The highest BCUT2D eigenvalue weighted by Gasteiger charge is 2.17. The van der Waals surface area contributed by atoms with Gasteiger partial charge in [-0.3, -0.25) is 9.48 Å². The van der Waals surface area contributed by atoms with Crippen LogP contribution >= 0.6 is 11.8 Å². The Balaban J connectivity index is 1.38. The predicted molar refractivity (Wildman–Crippen MR) is 89.6 cm³/mol. The molecule has 2 aromatic rings. The van der Waals surface area contributed by atoms with E-state index in [9.17, 15) is 4.79 Å². The Morgan fingerprint density at radius 2 is 2.46 bits per heavy atom. The first-order chi connectivity index (χ1) is 11.7. The van der Waals surface area contributed by atoms with Gasteiger partial charge in [-0.1, -0.05) is 11.8 Å². The molecule has 1 fully saturated rings. The number of amides is 1. The maximum Gasteiger partial charge on any atom is 0.241 e. The number of carbonyl (C=O) groups excluding carboxylic acids is 1. The second-order valence-corrected chi connectivity index (χ2v) is 6.83. The van der Waals surface area contributed by atoms with Crippen LogP contribution in [-0.2, 0) is 18.4 Å². The number of nitrogens with zero attached hydrogens (tertiary/aromatic N) is 6. The third-order valence-corrected chi connectivity index (χ3v) is 4.93. The van der Waals surface area contributed by atoms with E-state index >= 15 is 0 Å². The maximum atomic E-state index is 12.0. The summed E-state index contributed by atoms with van der Waals surface area (Å²) >= 11 is 1.51. The van der Waals surface area contributed by atoms with Gasteiger partial charge in [0, 0.05) is 38.0 Å². The average Bonchev–Trinajstić information content (AvgIpc) is 3.22. The smallest absolute Gasteiger partial charge is 0.241 e. The highest BCUT2D eigenvalue weighted by atomic mass is 32.2. The molecule has 3 heterocycles. The maximum absolute atomic E-state index is 12.0. The number of thioether (sulfide) groups is 1. The molecule has 0 aliphatic carbocycles. The molecule has 0 aromatic carbocycles. The van der Waals surface area contributed by atoms with Crippen molar-refractivity contribution < 1.29 is 4.79 Å². The fourth-order valence-electron chi connectivity index (χ4n) is 2.67. The van der Waals surface area contributed by atoms with Crippen molar-refractivity contribution in [2.24, 2.45) is 7.05 Å². The number of tetrazole rings is 1. The van der Waals surface area contributed by atoms with Gasteiger partial charge >= 0.3 is 0 Å². The summed E-state index contributed by atoms with van der Waals surface area (Å²) in [6.07, 6.45) is 4.21. The Bertz CT molecular complexity index is 663. The highest BCUT2D eigenvalue weighted by molar-refractivity contribution is 7.99. The summed E-state index contributed by atoms with van der Waals surface area (Å²) < 4.78 is 3.32. The van der Waals surface area contributed by atoms with Crippen LogP contribution in [0.25, 0.3) is 0 Å². The molecule has 0 saturated carbocycles. The van der Waals surface area contributed by atoms with Crippen LogP contribution in [0.5, 0.6) is 0 Å². The first kappa shape index (κ1) is 16.9. The van der Waals surface area contributed by atoms with Gasteiger partial charge in [-0.15, -0.1) is 5.10 Å². The van der Waals surface area contributed by atoms with Crippen LogP contribution in [0.1, 0.15) is 24.5 Å². The number of aryl methyl sites for hydroxylation is 1. The van der Waals surface area contributed by atoms with E-state index in [1.54, 1.807) is 16.4 Å². The molecule has 1 saturated heterocycles. The lowest BCUT2D eigenvalue weighted by Gasteiger charge is -2.20. The van der Waals surface area contributed by atoms with E-state index in [4.69, 9.17) is 0 Å². The summed E-state index contributed by atoms with van der Waals surface area (Å²) in [5.41, 5.74) is 1.07. The zero-order valence-electron chi connectivity index (χ0n) is 13.7. The molecule has 10 heteroatoms. The summed E-state index contributed by atoms with van der Waals surface area (Å²) in [5.74, 6) is 1.14. The molecule has 24 heavy (non-hydrogen) atoms. The van der Waals surface area contributed by atoms with Gasteiger partial charge in [0.15, 0.2) is 0 Å². The molecule has 0 unspecified atom stereocenters. The van der Waals surface area contributed by atoms with E-state index in [0.29, 0.717) is 12.5 Å². The van der Waals surface area contributed by atoms with Crippen molar-refractivity contribution in [1.82, 2.24) is 40.6 Å². The topological polar surface area (TPSA) is 103 Å². The van der Waals surface area contributed by atoms with Gasteiger partial charge in [0.1, 0.15) is 6.54 Å². The zero-order chi connectivity index (χ0) is 16.8. The van der Waals surface area contributed by atoms with Gasteiger partial charge in [-0.05, 0) is 35.9 Å². The van der Waals surface area contributed by atoms with E-state index in [2.05, 4.69) is 31.3 Å². The van der Waals surface area contributed by atoms with Gasteiger partial charge in [0.25, 0.3) is 0 Å². The summed E-state index contributed by atoms with van der Waals surface area (Å²) in [7, 11) is 1.79. The number of rotatable bonds is 7. The zero-order valence-corrected chi connectivity index (χ0v) is 14.5. The quantitative estimate of drug-likeness (QED) is 0.526. The standard InChI is InChI=1S/C14H22N8OS/c1-21-14(17-19-20-21)24-8-6-16-13(23)10-22-7-4-12(18-22)11-3-2-5-15-9-11/h4,7,11,15H,2-3,5-6,8-10H2,1H3,(H,16,23)/t11-/m0/s1. The fraction of sp³-hybridized carbons (Fsp3) is 0.643. The van der Waals surface area contributed by atoms with Crippen molar-refractivity contribution in [3.05, 3.63) is 18.0 Å². The lowest BCUT2D eigenvalue weighted by molar-refractivity contribution is -0.121. The van der Waals surface area contributed by atoms with Crippen LogP contribution in [-0.4, -0.2) is 61.3 Å². The molecule has 3 rings (SSSR count). The predicted octanol–water partition coefficient (Wildman–Crippen LogP) is -0.218. The van der Waals surface area contributed by atoms with Crippen molar-refractivity contribution in [2.75, 3.05) is 25.4 Å². The van der Waals surface area contributed by atoms with Gasteiger partial charge in [-0.2, -0.15) is 5.10 Å². The number of carbonyl (C=O) groups is 1. The van der Waals surface area contributed by atoms with Crippen LogP contribution in [0, 0.1) is 0 Å². The monoisotopic (exact) mass is 350 g/mol. The van der Waals surface area contributed by atoms with E-state index in [1.807, 2.05) is 12.3 Å². The number of nitrogens with one attached hydrogen (secondary N) is 2. The second-order valence-electron chi connectivity index (χ2n) is 5.76. The Morgan fingerprint density at radius 1 is 1.54 bits per heavy atom. The van der Waals surface area contributed by atoms with E-state index < -0.39 is 0 Å². The molecule has 9 nitrogen and oxygen atoms in total. The molecule has 1 aliphatic rings. The third kappa shape index (κ3) is 4.54. The van der Waals surface area contributed by atoms with Crippen molar-refractivity contribution >= 4 is 17.7 Å². The van der Waals surface area contributed by atoms with Crippen LogP contribution in [0.2, 0.25) is 0 Å². The molecule has 2 aromatic heterocycles. The van der Waals surface area contributed by atoms with E-state index in [-0.39, 0.29) is 12.5 Å². The summed E-state index contributed by atoms with van der Waals surface area (Å²) in [4.78, 5) is 12.0. The minimum absolute atomic E-state index is 0.0388. The highest BCUT2D eigenvalue weighted by Crippen LogP contribution is 2.21. The fourth-order valence-corrected chi connectivity index (χ4v) is 3.37. The molecule has 0 bridgehead atoms. The largest absolute Gasteiger partial charge is 0.354 e. The van der Waals surface area contributed by atoms with Gasteiger partial charge in [0.2, 0.25) is 11.1 Å². The summed E-state index contributed by atoms with van der Waals surface area (Å²) in [6, 6.07) is 2.02. The molecule has 2 N–H and O–H groups in total. The third-order valence-electron chi connectivity index (χ3n) is 3.92. The van der Waals surface area contributed by atoms with Crippen molar-refractivity contribution in [3.63, 3.8) is 0 Å². The second kappa shape index (κ2) is 8.25.